The van der Waals surface area contributed by atoms with Crippen LogP contribution in [0.25, 0.3) is 0 Å². The fourth-order valence-electron chi connectivity index (χ4n) is 0.770. The van der Waals surface area contributed by atoms with Crippen molar-refractivity contribution in [3.8, 4) is 0 Å². The fourth-order valence-corrected chi connectivity index (χ4v) is 2.31. The molecule has 0 rings (SSSR count). The highest BCUT2D eigenvalue weighted by Crippen LogP contribution is 2.18. The molecule has 0 aromatic carbocycles. The summed E-state index contributed by atoms with van der Waals surface area (Å²) < 4.78 is 0. The molecule has 0 aliphatic heterocycles. The van der Waals surface area contributed by atoms with Gasteiger partial charge < -0.3 is 0 Å². The van der Waals surface area contributed by atoms with Gasteiger partial charge in [0.25, 0.3) is 0 Å². The Hall–Kier alpha value is 0.217. The van der Waals surface area contributed by atoms with E-state index in [1.54, 1.807) is 0 Å². The zero-order valence-electron chi connectivity index (χ0n) is 6.73. The van der Waals surface area contributed by atoms with Crippen LogP contribution in [0.3, 0.4) is 0 Å². The van der Waals surface area contributed by atoms with Crippen molar-refractivity contribution >= 4 is 8.80 Å². The molecule has 0 saturated carbocycles. The third-order valence-corrected chi connectivity index (χ3v) is 6.31. The first-order valence-corrected chi connectivity index (χ1v) is 6.04. The first kappa shape index (κ1) is 8.22. The van der Waals surface area contributed by atoms with E-state index in [4.69, 9.17) is 0 Å². The van der Waals surface area contributed by atoms with Crippen LogP contribution in [-0.4, -0.2) is 8.80 Å². The van der Waals surface area contributed by atoms with Crippen LogP contribution in [0.4, 0.5) is 0 Å². The molecule has 0 heterocycles. The van der Waals surface area contributed by atoms with Crippen LogP contribution in [-0.2, 0) is 0 Å². The lowest BCUT2D eigenvalue weighted by molar-refractivity contribution is 0.942. The molecule has 0 aromatic heterocycles. The van der Waals surface area contributed by atoms with E-state index in [1.807, 2.05) is 0 Å². The van der Waals surface area contributed by atoms with Crippen LogP contribution in [0, 0.1) is 0 Å². The van der Waals surface area contributed by atoms with Gasteiger partial charge in [-0.25, -0.2) is 0 Å². The molecular formula is C7H18Si. The third kappa shape index (κ3) is 2.51. The van der Waals surface area contributed by atoms with Crippen molar-refractivity contribution in [2.45, 2.75) is 45.3 Å². The van der Waals surface area contributed by atoms with Crippen LogP contribution in [0.15, 0.2) is 0 Å². The number of hydrogen-bond acceptors (Lipinski definition) is 0. The largest absolute Gasteiger partial charge is 0.0716 e. The molecule has 0 nitrogen and oxygen atoms in total. The van der Waals surface area contributed by atoms with E-state index in [0.29, 0.717) is 0 Å². The molecular weight excluding hydrogens is 112 g/mol. The fraction of sp³-hybridized carbons (Fsp3) is 1.00. The van der Waals surface area contributed by atoms with E-state index >= 15 is 0 Å². The summed E-state index contributed by atoms with van der Waals surface area (Å²) in [6, 6.07) is 0. The molecule has 50 valence electrons. The normalized spacial score (nSPS) is 12.0. The molecule has 0 saturated heterocycles. The molecule has 0 radical (unpaired) electrons. The minimum atomic E-state index is -0.349. The Morgan fingerprint density at radius 1 is 0.875 bits per heavy atom. The average Bonchev–Trinajstić information content (AvgIpc) is 1.64. The zero-order valence-corrected chi connectivity index (χ0v) is 7.89. The second-order valence-corrected chi connectivity index (χ2v) is 7.73. The smallest absolute Gasteiger partial charge is 0.0388 e. The van der Waals surface area contributed by atoms with Gasteiger partial charge >= 0.3 is 0 Å². The van der Waals surface area contributed by atoms with Crippen molar-refractivity contribution in [3.05, 3.63) is 0 Å². The molecule has 0 aromatic rings. The van der Waals surface area contributed by atoms with Crippen LogP contribution in [0.5, 0.6) is 0 Å². The second-order valence-electron chi connectivity index (χ2n) is 3.35. The second kappa shape index (κ2) is 3.28. The van der Waals surface area contributed by atoms with Gasteiger partial charge in [-0.2, -0.15) is 0 Å². The van der Waals surface area contributed by atoms with Crippen molar-refractivity contribution < 1.29 is 0 Å². The molecule has 0 bridgehead atoms. The molecule has 0 spiro atoms. The highest BCUT2D eigenvalue weighted by molar-refractivity contribution is 6.60. The highest BCUT2D eigenvalue weighted by Gasteiger charge is 2.11. The van der Waals surface area contributed by atoms with Gasteiger partial charge in [-0.15, -0.1) is 0 Å². The van der Waals surface area contributed by atoms with Crippen LogP contribution in [0.2, 0.25) is 17.6 Å². The van der Waals surface area contributed by atoms with Gasteiger partial charge in [0.15, 0.2) is 0 Å². The lowest BCUT2D eigenvalue weighted by Crippen LogP contribution is -2.15. The topological polar surface area (TPSA) is 0 Å². The lowest BCUT2D eigenvalue weighted by Gasteiger charge is -2.16. The standard InChI is InChI=1S/C7H18Si/c1-6(2)8(5)7(3)4/h6-8H,1-5H3. The Morgan fingerprint density at radius 3 is 1.12 bits per heavy atom. The Morgan fingerprint density at radius 2 is 1.12 bits per heavy atom. The van der Waals surface area contributed by atoms with Crippen LogP contribution >= 0.6 is 0 Å². The Balaban J connectivity index is 3.46. The van der Waals surface area contributed by atoms with Crippen molar-refractivity contribution in [3.63, 3.8) is 0 Å². The number of hydrogen-bond donors (Lipinski definition) is 0. The van der Waals surface area contributed by atoms with Crippen LogP contribution < -0.4 is 0 Å². The maximum absolute atomic E-state index is 2.45. The van der Waals surface area contributed by atoms with Crippen molar-refractivity contribution in [1.29, 1.82) is 0 Å². The predicted molar refractivity (Wildman–Crippen MR) is 43.2 cm³/mol. The molecule has 0 aliphatic carbocycles. The first-order chi connectivity index (χ1) is 3.55. The lowest BCUT2D eigenvalue weighted by atomic mass is 10.5. The van der Waals surface area contributed by atoms with Gasteiger partial charge in [0.05, 0.1) is 0 Å². The molecule has 0 amide bonds. The summed E-state index contributed by atoms with van der Waals surface area (Å²) in [4.78, 5) is 0. The predicted octanol–water partition coefficient (Wildman–Crippen LogP) is 2.66. The first-order valence-electron chi connectivity index (χ1n) is 3.55. The molecule has 0 unspecified atom stereocenters. The van der Waals surface area contributed by atoms with Crippen LogP contribution in [0.1, 0.15) is 27.7 Å². The molecule has 0 atom stereocenters. The molecule has 0 aliphatic rings. The number of rotatable bonds is 2. The molecule has 0 N–H and O–H groups in total. The summed E-state index contributed by atoms with van der Waals surface area (Å²) in [5, 5.41) is 0. The summed E-state index contributed by atoms with van der Waals surface area (Å²) in [6.45, 7) is 11.8. The van der Waals surface area contributed by atoms with E-state index in [0.717, 1.165) is 11.1 Å². The van der Waals surface area contributed by atoms with Crippen molar-refractivity contribution in [2.75, 3.05) is 0 Å². The van der Waals surface area contributed by atoms with Gasteiger partial charge in [-0.3, -0.25) is 0 Å². The van der Waals surface area contributed by atoms with Crippen molar-refractivity contribution in [1.82, 2.24) is 0 Å². The van der Waals surface area contributed by atoms with E-state index in [2.05, 4.69) is 34.2 Å². The minimum Gasteiger partial charge on any atom is -0.0716 e. The van der Waals surface area contributed by atoms with E-state index < -0.39 is 0 Å². The van der Waals surface area contributed by atoms with Gasteiger partial charge in [-0.1, -0.05) is 45.3 Å². The zero-order chi connectivity index (χ0) is 6.73. The summed E-state index contributed by atoms with van der Waals surface area (Å²) >= 11 is 0. The summed E-state index contributed by atoms with van der Waals surface area (Å²) in [5.74, 6) is 0. The Labute approximate surface area is 54.9 Å². The van der Waals surface area contributed by atoms with E-state index in [1.165, 1.54) is 0 Å². The monoisotopic (exact) mass is 130 g/mol. The molecule has 0 fully saturated rings. The maximum Gasteiger partial charge on any atom is 0.0388 e. The molecule has 1 heteroatoms. The van der Waals surface area contributed by atoms with Gasteiger partial charge in [-0.05, 0) is 0 Å². The quantitative estimate of drug-likeness (QED) is 0.504. The van der Waals surface area contributed by atoms with Gasteiger partial charge in [0.1, 0.15) is 0 Å². The molecule has 8 heavy (non-hydrogen) atoms. The van der Waals surface area contributed by atoms with E-state index in [9.17, 15) is 0 Å². The van der Waals surface area contributed by atoms with Gasteiger partial charge in [0.2, 0.25) is 0 Å². The minimum absolute atomic E-state index is 0.349. The average molecular weight is 130 g/mol. The maximum atomic E-state index is 2.45. The third-order valence-electron chi connectivity index (χ3n) is 2.10. The SMILES string of the molecule is CC(C)[SiH](C)C(C)C. The summed E-state index contributed by atoms with van der Waals surface area (Å²) in [7, 11) is -0.349. The Bertz CT molecular complexity index is 49.4. The van der Waals surface area contributed by atoms with Gasteiger partial charge in [0, 0.05) is 8.80 Å². The summed E-state index contributed by atoms with van der Waals surface area (Å²) in [6.07, 6.45) is 0. The summed E-state index contributed by atoms with van der Waals surface area (Å²) in [5.41, 5.74) is 1.96. The highest BCUT2D eigenvalue weighted by atomic mass is 28.3. The Kier molecular flexibility index (Phi) is 3.37. The van der Waals surface area contributed by atoms with E-state index in [-0.39, 0.29) is 8.80 Å². The van der Waals surface area contributed by atoms with Crippen molar-refractivity contribution in [2.24, 2.45) is 0 Å².